The van der Waals surface area contributed by atoms with Crippen LogP contribution in [0.4, 0.5) is 0 Å². The van der Waals surface area contributed by atoms with E-state index in [0.717, 1.165) is 6.54 Å². The van der Waals surface area contributed by atoms with Crippen molar-refractivity contribution in [2.45, 2.75) is 33.4 Å². The minimum atomic E-state index is 0.0436. The number of benzene rings is 1. The molecule has 0 aliphatic carbocycles. The van der Waals surface area contributed by atoms with E-state index in [-0.39, 0.29) is 11.9 Å². The molecule has 3 nitrogen and oxygen atoms in total. The van der Waals surface area contributed by atoms with Gasteiger partial charge in [-0.25, -0.2) is 0 Å². The van der Waals surface area contributed by atoms with Crippen LogP contribution in [0.3, 0.4) is 0 Å². The fraction of sp³-hybridized carbons (Fsp3) is 0.462. The van der Waals surface area contributed by atoms with E-state index in [1.165, 1.54) is 11.1 Å². The van der Waals surface area contributed by atoms with E-state index in [1.54, 1.807) is 0 Å². The third-order valence-corrected chi connectivity index (χ3v) is 2.18. The molecule has 0 aliphatic rings. The predicted octanol–water partition coefficient (Wildman–Crippen LogP) is 1.61. The third kappa shape index (κ3) is 4.94. The van der Waals surface area contributed by atoms with Crippen LogP contribution < -0.4 is 10.6 Å². The van der Waals surface area contributed by atoms with Crippen LogP contribution in [0, 0.1) is 6.92 Å². The Labute approximate surface area is 97.2 Å². The summed E-state index contributed by atoms with van der Waals surface area (Å²) in [5, 5.41) is 5.95. The van der Waals surface area contributed by atoms with E-state index in [0.29, 0.717) is 6.54 Å². The molecular weight excluding hydrogens is 200 g/mol. The maximum absolute atomic E-state index is 11.3. The van der Waals surface area contributed by atoms with E-state index in [9.17, 15) is 4.79 Å². The molecule has 0 aromatic heterocycles. The van der Waals surface area contributed by atoms with Crippen LogP contribution in [0.25, 0.3) is 0 Å². The van der Waals surface area contributed by atoms with Crippen molar-refractivity contribution in [1.29, 1.82) is 0 Å². The lowest BCUT2D eigenvalue weighted by molar-refractivity contribution is -0.120. The molecule has 0 saturated heterocycles. The standard InChI is InChI=1S/C13H20N2O/c1-10(2)15-13(16)9-14-8-12-6-4-11(3)5-7-12/h4-7,10,14H,8-9H2,1-3H3,(H,15,16). The Morgan fingerprint density at radius 1 is 1.25 bits per heavy atom. The van der Waals surface area contributed by atoms with Crippen molar-refractivity contribution < 1.29 is 4.79 Å². The van der Waals surface area contributed by atoms with Crippen LogP contribution in [-0.2, 0) is 11.3 Å². The van der Waals surface area contributed by atoms with Gasteiger partial charge in [0, 0.05) is 12.6 Å². The number of amides is 1. The molecule has 0 heterocycles. The summed E-state index contributed by atoms with van der Waals surface area (Å²) in [6.07, 6.45) is 0. The minimum absolute atomic E-state index is 0.0436. The first-order valence-electron chi connectivity index (χ1n) is 5.63. The molecule has 0 bridgehead atoms. The first-order chi connectivity index (χ1) is 7.58. The Kier molecular flexibility index (Phi) is 4.99. The van der Waals surface area contributed by atoms with Crippen molar-refractivity contribution >= 4 is 5.91 Å². The second-order valence-corrected chi connectivity index (χ2v) is 4.31. The summed E-state index contributed by atoms with van der Waals surface area (Å²) in [4.78, 5) is 11.3. The molecule has 0 saturated carbocycles. The number of rotatable bonds is 5. The van der Waals surface area contributed by atoms with Gasteiger partial charge in [-0.2, -0.15) is 0 Å². The monoisotopic (exact) mass is 220 g/mol. The van der Waals surface area contributed by atoms with Crippen LogP contribution in [0.2, 0.25) is 0 Å². The topological polar surface area (TPSA) is 41.1 Å². The molecule has 0 unspecified atom stereocenters. The summed E-state index contributed by atoms with van der Waals surface area (Å²) in [6.45, 7) is 7.07. The maximum Gasteiger partial charge on any atom is 0.234 e. The van der Waals surface area contributed by atoms with Crippen molar-refractivity contribution in [1.82, 2.24) is 10.6 Å². The Morgan fingerprint density at radius 2 is 1.88 bits per heavy atom. The van der Waals surface area contributed by atoms with Crippen LogP contribution >= 0.6 is 0 Å². The average Bonchev–Trinajstić information content (AvgIpc) is 2.20. The molecule has 1 aromatic rings. The van der Waals surface area contributed by atoms with Gasteiger partial charge in [0.2, 0.25) is 5.91 Å². The zero-order valence-corrected chi connectivity index (χ0v) is 10.2. The second kappa shape index (κ2) is 6.28. The summed E-state index contributed by atoms with van der Waals surface area (Å²) in [5.74, 6) is 0.0436. The molecule has 88 valence electrons. The van der Waals surface area contributed by atoms with Gasteiger partial charge in [0.15, 0.2) is 0 Å². The molecule has 16 heavy (non-hydrogen) atoms. The predicted molar refractivity (Wildman–Crippen MR) is 66.2 cm³/mol. The van der Waals surface area contributed by atoms with Crippen molar-refractivity contribution in [2.75, 3.05) is 6.54 Å². The fourth-order valence-corrected chi connectivity index (χ4v) is 1.40. The highest BCUT2D eigenvalue weighted by molar-refractivity contribution is 5.78. The smallest absolute Gasteiger partial charge is 0.234 e. The van der Waals surface area contributed by atoms with Crippen LogP contribution in [0.5, 0.6) is 0 Å². The maximum atomic E-state index is 11.3. The van der Waals surface area contributed by atoms with Crippen molar-refractivity contribution in [3.63, 3.8) is 0 Å². The molecule has 0 spiro atoms. The molecule has 0 radical (unpaired) electrons. The number of aryl methyl sites for hydroxylation is 1. The minimum Gasteiger partial charge on any atom is -0.353 e. The van der Waals surface area contributed by atoms with E-state index >= 15 is 0 Å². The Hall–Kier alpha value is -1.35. The lowest BCUT2D eigenvalue weighted by Gasteiger charge is -2.09. The molecule has 3 heteroatoms. The number of carbonyl (C=O) groups is 1. The quantitative estimate of drug-likeness (QED) is 0.791. The Bertz CT molecular complexity index is 330. The van der Waals surface area contributed by atoms with Gasteiger partial charge >= 0.3 is 0 Å². The number of hydrogen-bond donors (Lipinski definition) is 2. The summed E-state index contributed by atoms with van der Waals surface area (Å²) in [7, 11) is 0. The zero-order valence-electron chi connectivity index (χ0n) is 10.2. The van der Waals surface area contributed by atoms with Gasteiger partial charge in [-0.3, -0.25) is 4.79 Å². The normalized spacial score (nSPS) is 10.5. The SMILES string of the molecule is Cc1ccc(CNCC(=O)NC(C)C)cc1. The van der Waals surface area contributed by atoms with Gasteiger partial charge in [-0.15, -0.1) is 0 Å². The molecule has 2 N–H and O–H groups in total. The van der Waals surface area contributed by atoms with E-state index < -0.39 is 0 Å². The largest absolute Gasteiger partial charge is 0.353 e. The van der Waals surface area contributed by atoms with Gasteiger partial charge in [-0.05, 0) is 26.3 Å². The van der Waals surface area contributed by atoms with Crippen molar-refractivity contribution in [3.8, 4) is 0 Å². The summed E-state index contributed by atoms with van der Waals surface area (Å²) < 4.78 is 0. The second-order valence-electron chi connectivity index (χ2n) is 4.31. The van der Waals surface area contributed by atoms with Crippen molar-refractivity contribution in [3.05, 3.63) is 35.4 Å². The molecule has 0 atom stereocenters. The zero-order chi connectivity index (χ0) is 12.0. The summed E-state index contributed by atoms with van der Waals surface area (Å²) >= 11 is 0. The van der Waals surface area contributed by atoms with Crippen LogP contribution in [-0.4, -0.2) is 18.5 Å². The lowest BCUT2D eigenvalue weighted by Crippen LogP contribution is -2.37. The van der Waals surface area contributed by atoms with Crippen LogP contribution in [0.1, 0.15) is 25.0 Å². The highest BCUT2D eigenvalue weighted by Crippen LogP contribution is 2.01. The van der Waals surface area contributed by atoms with Gasteiger partial charge < -0.3 is 10.6 Å². The van der Waals surface area contributed by atoms with Crippen LogP contribution in [0.15, 0.2) is 24.3 Å². The van der Waals surface area contributed by atoms with Gasteiger partial charge in [0.05, 0.1) is 6.54 Å². The van der Waals surface area contributed by atoms with Gasteiger partial charge in [0.1, 0.15) is 0 Å². The molecule has 1 amide bonds. The average molecular weight is 220 g/mol. The molecule has 0 fully saturated rings. The molecular formula is C13H20N2O. The van der Waals surface area contributed by atoms with Crippen molar-refractivity contribution in [2.24, 2.45) is 0 Å². The highest BCUT2D eigenvalue weighted by Gasteiger charge is 2.01. The van der Waals surface area contributed by atoms with E-state index in [4.69, 9.17) is 0 Å². The molecule has 0 aliphatic heterocycles. The van der Waals surface area contributed by atoms with Gasteiger partial charge in [0.25, 0.3) is 0 Å². The first kappa shape index (κ1) is 12.7. The number of carbonyl (C=O) groups excluding carboxylic acids is 1. The van der Waals surface area contributed by atoms with E-state index in [1.807, 2.05) is 13.8 Å². The Morgan fingerprint density at radius 3 is 2.44 bits per heavy atom. The molecule has 1 aromatic carbocycles. The highest BCUT2D eigenvalue weighted by atomic mass is 16.1. The van der Waals surface area contributed by atoms with Gasteiger partial charge in [-0.1, -0.05) is 29.8 Å². The fourth-order valence-electron chi connectivity index (χ4n) is 1.40. The third-order valence-electron chi connectivity index (χ3n) is 2.18. The summed E-state index contributed by atoms with van der Waals surface area (Å²) in [5.41, 5.74) is 2.45. The first-order valence-corrected chi connectivity index (χ1v) is 5.63. The molecule has 1 rings (SSSR count). The summed E-state index contributed by atoms with van der Waals surface area (Å²) in [6, 6.07) is 8.50. The number of nitrogens with one attached hydrogen (secondary N) is 2. The lowest BCUT2D eigenvalue weighted by atomic mass is 10.1. The Balaban J connectivity index is 2.25. The van der Waals surface area contributed by atoms with E-state index in [2.05, 4.69) is 41.8 Å². The number of hydrogen-bond acceptors (Lipinski definition) is 2.